The van der Waals surface area contributed by atoms with E-state index in [4.69, 9.17) is 14.5 Å². The Labute approximate surface area is 196 Å². The number of rotatable bonds is 6. The van der Waals surface area contributed by atoms with Crippen LogP contribution in [0.1, 0.15) is 38.0 Å². The summed E-state index contributed by atoms with van der Waals surface area (Å²) in [6.45, 7) is 10.3. The zero-order valence-corrected chi connectivity index (χ0v) is 20.9. The molecular weight excluding hydrogens is 493 g/mol. The van der Waals surface area contributed by atoms with Crippen molar-refractivity contribution in [3.05, 3.63) is 47.8 Å². The summed E-state index contributed by atoms with van der Waals surface area (Å²) in [5, 5.41) is 7.73. The molecule has 1 aliphatic rings. The molecule has 0 saturated carbocycles. The predicted octanol–water partition coefficient (Wildman–Crippen LogP) is 3.36. The molecule has 0 bridgehead atoms. The second-order valence-electron chi connectivity index (χ2n) is 8.04. The van der Waals surface area contributed by atoms with Crippen LogP contribution in [-0.2, 0) is 17.2 Å². The largest absolute Gasteiger partial charge is 0.497 e. The van der Waals surface area contributed by atoms with Crippen molar-refractivity contribution in [2.75, 3.05) is 39.9 Å². The molecule has 0 spiro atoms. The molecule has 0 radical (unpaired) electrons. The molecule has 3 rings (SSSR count). The lowest BCUT2D eigenvalue weighted by Crippen LogP contribution is -2.48. The van der Waals surface area contributed by atoms with Crippen LogP contribution in [0.25, 0.3) is 0 Å². The van der Waals surface area contributed by atoms with Crippen LogP contribution in [0.2, 0.25) is 0 Å². The quantitative estimate of drug-likeness (QED) is 0.355. The van der Waals surface area contributed by atoms with Crippen LogP contribution in [0.15, 0.2) is 41.7 Å². The van der Waals surface area contributed by atoms with Crippen LogP contribution in [-0.4, -0.2) is 60.5 Å². The Morgan fingerprint density at radius 3 is 2.67 bits per heavy atom. The molecular formula is C22H34IN5O2. The second kappa shape index (κ2) is 11.0. The third-order valence-corrected chi connectivity index (χ3v) is 5.29. The number of hydrogen-bond acceptors (Lipinski definition) is 4. The maximum Gasteiger partial charge on any atom is 0.194 e. The minimum absolute atomic E-state index is 0. The van der Waals surface area contributed by atoms with Crippen molar-refractivity contribution < 1.29 is 9.47 Å². The summed E-state index contributed by atoms with van der Waals surface area (Å²) in [5.74, 6) is 1.81. The van der Waals surface area contributed by atoms with Gasteiger partial charge in [-0.3, -0.25) is 9.67 Å². The van der Waals surface area contributed by atoms with Gasteiger partial charge in [-0.15, -0.1) is 24.0 Å². The van der Waals surface area contributed by atoms with Gasteiger partial charge in [0.05, 0.1) is 33.0 Å². The van der Waals surface area contributed by atoms with E-state index in [1.54, 1.807) is 7.11 Å². The number of aliphatic imine (C=N–C) groups is 1. The Morgan fingerprint density at radius 1 is 1.33 bits per heavy atom. The van der Waals surface area contributed by atoms with E-state index in [0.717, 1.165) is 36.9 Å². The van der Waals surface area contributed by atoms with Gasteiger partial charge in [0.1, 0.15) is 11.9 Å². The van der Waals surface area contributed by atoms with Gasteiger partial charge in [-0.25, -0.2) is 0 Å². The van der Waals surface area contributed by atoms with Gasteiger partial charge in [-0.2, -0.15) is 5.10 Å². The molecule has 1 atom stereocenters. The summed E-state index contributed by atoms with van der Waals surface area (Å²) in [7, 11) is 3.62. The first-order valence-electron chi connectivity index (χ1n) is 10.2. The maximum absolute atomic E-state index is 5.98. The summed E-state index contributed by atoms with van der Waals surface area (Å²) in [4.78, 5) is 7.27. The zero-order chi connectivity index (χ0) is 20.9. The highest BCUT2D eigenvalue weighted by Crippen LogP contribution is 2.26. The first kappa shape index (κ1) is 24.5. The summed E-state index contributed by atoms with van der Waals surface area (Å²) in [6, 6.07) is 8.25. The van der Waals surface area contributed by atoms with Crippen molar-refractivity contribution in [2.45, 2.75) is 32.3 Å². The fraction of sp³-hybridized carbons (Fsp3) is 0.545. The van der Waals surface area contributed by atoms with Crippen molar-refractivity contribution in [1.29, 1.82) is 0 Å². The molecule has 2 heterocycles. The van der Waals surface area contributed by atoms with Crippen LogP contribution in [0.5, 0.6) is 5.75 Å². The van der Waals surface area contributed by atoms with E-state index in [9.17, 15) is 0 Å². The maximum atomic E-state index is 5.98. The van der Waals surface area contributed by atoms with Crippen LogP contribution >= 0.6 is 24.0 Å². The number of hydrogen-bond donors (Lipinski definition) is 1. The van der Waals surface area contributed by atoms with Gasteiger partial charge in [0, 0.05) is 37.3 Å². The number of halogens is 1. The molecule has 1 fully saturated rings. The normalized spacial score (nSPS) is 17.4. The number of benzene rings is 1. The van der Waals surface area contributed by atoms with E-state index in [0.29, 0.717) is 13.2 Å². The Morgan fingerprint density at radius 2 is 2.07 bits per heavy atom. The van der Waals surface area contributed by atoms with E-state index < -0.39 is 0 Å². The molecule has 1 N–H and O–H groups in total. The van der Waals surface area contributed by atoms with E-state index in [2.05, 4.69) is 48.2 Å². The van der Waals surface area contributed by atoms with Crippen LogP contribution in [0.3, 0.4) is 0 Å². The van der Waals surface area contributed by atoms with Crippen LogP contribution in [0, 0.1) is 0 Å². The van der Waals surface area contributed by atoms with E-state index in [-0.39, 0.29) is 35.5 Å². The molecule has 8 heteroatoms. The van der Waals surface area contributed by atoms with Crippen molar-refractivity contribution in [1.82, 2.24) is 20.0 Å². The van der Waals surface area contributed by atoms with Crippen LogP contribution < -0.4 is 10.1 Å². The zero-order valence-electron chi connectivity index (χ0n) is 18.6. The van der Waals surface area contributed by atoms with Gasteiger partial charge < -0.3 is 19.7 Å². The smallest absolute Gasteiger partial charge is 0.194 e. The Hall–Kier alpha value is -1.81. The van der Waals surface area contributed by atoms with E-state index in [1.165, 1.54) is 5.56 Å². The van der Waals surface area contributed by atoms with Crippen LogP contribution in [0.4, 0.5) is 0 Å². The lowest BCUT2D eigenvalue weighted by molar-refractivity contribution is -0.00806. The summed E-state index contributed by atoms with van der Waals surface area (Å²) < 4.78 is 13.1. The van der Waals surface area contributed by atoms with Gasteiger partial charge >= 0.3 is 0 Å². The SMILES string of the molecule is CCNC(=NCC(C)(C)c1ccc(OC)cc1)N1CCOC(c2cnn(C)c2)C1.I. The summed E-state index contributed by atoms with van der Waals surface area (Å²) >= 11 is 0. The number of nitrogens with one attached hydrogen (secondary N) is 1. The average Bonchev–Trinajstić information content (AvgIpc) is 3.17. The Bertz CT molecular complexity index is 819. The molecule has 166 valence electrons. The number of guanidine groups is 1. The van der Waals surface area contributed by atoms with Gasteiger partial charge in [-0.05, 0) is 24.6 Å². The van der Waals surface area contributed by atoms with Gasteiger partial charge in [0.15, 0.2) is 5.96 Å². The molecule has 1 unspecified atom stereocenters. The molecule has 1 aromatic heterocycles. The first-order valence-corrected chi connectivity index (χ1v) is 10.2. The third kappa shape index (κ3) is 6.10. The number of aryl methyl sites for hydroxylation is 1. The fourth-order valence-electron chi connectivity index (χ4n) is 3.48. The minimum Gasteiger partial charge on any atom is -0.497 e. The van der Waals surface area contributed by atoms with Crippen molar-refractivity contribution >= 4 is 29.9 Å². The Kier molecular flexibility index (Phi) is 8.96. The highest BCUT2D eigenvalue weighted by Gasteiger charge is 2.26. The van der Waals surface area contributed by atoms with Gasteiger partial charge in [0.2, 0.25) is 0 Å². The first-order chi connectivity index (χ1) is 13.9. The predicted molar refractivity (Wildman–Crippen MR) is 131 cm³/mol. The highest BCUT2D eigenvalue weighted by atomic mass is 127. The molecule has 2 aromatic rings. The monoisotopic (exact) mass is 527 g/mol. The van der Waals surface area contributed by atoms with Gasteiger partial charge in [-0.1, -0.05) is 26.0 Å². The minimum atomic E-state index is -0.0814. The number of methoxy groups -OCH3 is 1. The molecule has 1 saturated heterocycles. The molecule has 7 nitrogen and oxygen atoms in total. The highest BCUT2D eigenvalue weighted by molar-refractivity contribution is 14.0. The number of ether oxygens (including phenoxy) is 2. The number of morpholine rings is 1. The molecule has 1 aliphatic heterocycles. The summed E-state index contributed by atoms with van der Waals surface area (Å²) in [5.41, 5.74) is 2.27. The molecule has 30 heavy (non-hydrogen) atoms. The molecule has 0 amide bonds. The fourth-order valence-corrected chi connectivity index (χ4v) is 3.48. The second-order valence-corrected chi connectivity index (χ2v) is 8.04. The van der Waals surface area contributed by atoms with E-state index >= 15 is 0 Å². The molecule has 1 aromatic carbocycles. The van der Waals surface area contributed by atoms with E-state index in [1.807, 2.05) is 36.3 Å². The molecule has 0 aliphatic carbocycles. The van der Waals surface area contributed by atoms with Crippen molar-refractivity contribution in [3.63, 3.8) is 0 Å². The summed E-state index contributed by atoms with van der Waals surface area (Å²) in [6.07, 6.45) is 3.91. The number of nitrogens with zero attached hydrogens (tertiary/aromatic N) is 4. The van der Waals surface area contributed by atoms with Crippen molar-refractivity contribution in [2.24, 2.45) is 12.0 Å². The lowest BCUT2D eigenvalue weighted by atomic mass is 9.85. The van der Waals surface area contributed by atoms with Gasteiger partial charge in [0.25, 0.3) is 0 Å². The third-order valence-electron chi connectivity index (χ3n) is 5.29. The average molecular weight is 527 g/mol. The number of aromatic nitrogens is 2. The van der Waals surface area contributed by atoms with Crippen molar-refractivity contribution in [3.8, 4) is 5.75 Å². The standard InChI is InChI=1S/C22H33N5O2.HI/c1-6-23-21(24-16-22(2,3)18-7-9-19(28-5)10-8-18)27-11-12-29-20(15-27)17-13-25-26(4)14-17;/h7-10,13-14,20H,6,11-12,15-16H2,1-5H3,(H,23,24);1H. The topological polar surface area (TPSA) is 63.9 Å². The lowest BCUT2D eigenvalue weighted by Gasteiger charge is -2.35. The Balaban J connectivity index is 0.00000320.